The lowest BCUT2D eigenvalue weighted by atomic mass is 9.89. The zero-order valence-corrected chi connectivity index (χ0v) is 15.9. The van der Waals surface area contributed by atoms with Crippen molar-refractivity contribution in [3.63, 3.8) is 0 Å². The number of carbonyl (C=O) groups excluding carboxylic acids is 2. The fraction of sp³-hybridized carbons (Fsp3) is 0.136. The van der Waals surface area contributed by atoms with E-state index in [-0.39, 0.29) is 17.4 Å². The van der Waals surface area contributed by atoms with Gasteiger partial charge in [-0.25, -0.2) is 4.98 Å². The Kier molecular flexibility index (Phi) is 3.93. The maximum atomic E-state index is 13.7. The molecule has 1 atom stereocenters. The third-order valence-electron chi connectivity index (χ3n) is 5.57. The number of nitrogens with zero attached hydrogens (tertiary/aromatic N) is 3. The molecule has 0 N–H and O–H groups in total. The highest BCUT2D eigenvalue weighted by atomic mass is 35.5. The molecule has 2 aromatic carbocycles. The molecule has 5 rings (SSSR count). The van der Waals surface area contributed by atoms with Crippen LogP contribution in [0.3, 0.4) is 0 Å². The zero-order chi connectivity index (χ0) is 20.2. The van der Waals surface area contributed by atoms with Crippen molar-refractivity contribution in [1.29, 1.82) is 0 Å². The Labute approximate surface area is 171 Å². The van der Waals surface area contributed by atoms with E-state index >= 15 is 0 Å². The first-order valence-electron chi connectivity index (χ1n) is 9.14. The lowest BCUT2D eigenvalue weighted by Crippen LogP contribution is -2.51. The van der Waals surface area contributed by atoms with Crippen molar-refractivity contribution in [2.24, 2.45) is 0 Å². The molecular weight excluding hydrogens is 393 g/mol. The van der Waals surface area contributed by atoms with E-state index in [1.807, 2.05) is 24.3 Å². The largest absolute Gasteiger partial charge is 0.306 e. The quantitative estimate of drug-likeness (QED) is 0.609. The summed E-state index contributed by atoms with van der Waals surface area (Å²) in [6.07, 6.45) is 1.26. The maximum Gasteiger partial charge on any atom is 0.256 e. The van der Waals surface area contributed by atoms with Crippen LogP contribution in [0, 0.1) is 5.95 Å². The number of hydrogen-bond donors (Lipinski definition) is 0. The summed E-state index contributed by atoms with van der Waals surface area (Å²) in [5.74, 6) is -1.23. The van der Waals surface area contributed by atoms with Crippen LogP contribution in [0.5, 0.6) is 0 Å². The summed E-state index contributed by atoms with van der Waals surface area (Å²) in [4.78, 5) is 33.5. The molecule has 0 bridgehead atoms. The van der Waals surface area contributed by atoms with Gasteiger partial charge in [-0.15, -0.1) is 0 Å². The normalized spacial score (nSPS) is 20.0. The summed E-state index contributed by atoms with van der Waals surface area (Å²) in [5, 5.41) is 0.557. The zero-order valence-electron chi connectivity index (χ0n) is 15.2. The molecule has 2 aliphatic rings. The van der Waals surface area contributed by atoms with E-state index in [9.17, 15) is 14.0 Å². The topological polar surface area (TPSA) is 53.5 Å². The van der Waals surface area contributed by atoms with E-state index in [1.54, 1.807) is 34.1 Å². The van der Waals surface area contributed by atoms with Gasteiger partial charge in [0.05, 0.1) is 0 Å². The van der Waals surface area contributed by atoms with Crippen LogP contribution in [0.4, 0.5) is 4.39 Å². The third-order valence-corrected chi connectivity index (χ3v) is 5.82. The highest BCUT2D eigenvalue weighted by Gasteiger charge is 2.59. The number of amides is 2. The fourth-order valence-corrected chi connectivity index (χ4v) is 4.54. The molecule has 2 amide bonds. The fourth-order valence-electron chi connectivity index (χ4n) is 4.42. The second-order valence-electron chi connectivity index (χ2n) is 7.01. The average Bonchev–Trinajstić information content (AvgIpc) is 3.24. The van der Waals surface area contributed by atoms with Crippen molar-refractivity contribution in [2.45, 2.75) is 5.66 Å². The minimum atomic E-state index is -1.10. The summed E-state index contributed by atoms with van der Waals surface area (Å²) >= 11 is 6.09. The van der Waals surface area contributed by atoms with E-state index < -0.39 is 11.6 Å². The Morgan fingerprint density at radius 3 is 2.59 bits per heavy atom. The third kappa shape index (κ3) is 2.42. The molecule has 1 unspecified atom stereocenters. The number of hydrogen-bond acceptors (Lipinski definition) is 3. The van der Waals surface area contributed by atoms with Crippen LogP contribution in [0.2, 0.25) is 5.02 Å². The van der Waals surface area contributed by atoms with Crippen molar-refractivity contribution < 1.29 is 14.0 Å². The van der Waals surface area contributed by atoms with Crippen LogP contribution in [0.25, 0.3) is 0 Å². The second-order valence-corrected chi connectivity index (χ2v) is 7.44. The number of pyridine rings is 1. The number of benzene rings is 2. The Balaban J connectivity index is 1.75. The molecule has 0 saturated carbocycles. The summed E-state index contributed by atoms with van der Waals surface area (Å²) in [7, 11) is 0. The molecule has 1 saturated heterocycles. The molecule has 0 radical (unpaired) electrons. The van der Waals surface area contributed by atoms with Gasteiger partial charge in [-0.05, 0) is 24.3 Å². The van der Waals surface area contributed by atoms with Crippen LogP contribution in [0.1, 0.15) is 31.8 Å². The van der Waals surface area contributed by atoms with Gasteiger partial charge < -0.3 is 9.80 Å². The molecule has 0 spiro atoms. The van der Waals surface area contributed by atoms with Crippen molar-refractivity contribution in [1.82, 2.24) is 14.8 Å². The number of fused-ring (bicyclic) bond motifs is 3. The van der Waals surface area contributed by atoms with Gasteiger partial charge in [-0.1, -0.05) is 41.9 Å². The number of halogens is 2. The molecule has 0 aliphatic carbocycles. The molecule has 1 fully saturated rings. The Morgan fingerprint density at radius 2 is 1.83 bits per heavy atom. The lowest BCUT2D eigenvalue weighted by molar-refractivity contribution is 0.0374. The van der Waals surface area contributed by atoms with Gasteiger partial charge in [0.2, 0.25) is 5.95 Å². The first kappa shape index (κ1) is 17.8. The maximum absolute atomic E-state index is 13.7. The van der Waals surface area contributed by atoms with Crippen LogP contribution in [-0.4, -0.2) is 39.7 Å². The minimum Gasteiger partial charge on any atom is -0.306 e. The van der Waals surface area contributed by atoms with Crippen LogP contribution < -0.4 is 0 Å². The molecule has 7 heteroatoms. The molecule has 1 aromatic heterocycles. The summed E-state index contributed by atoms with van der Waals surface area (Å²) in [5.41, 5.74) is 1.12. The Bertz CT molecular complexity index is 1150. The SMILES string of the molecule is O=C(c1ccnc(F)c1)N1CCN2C(=O)c3ccccc3C12c1ccc(Cl)cc1. The lowest BCUT2D eigenvalue weighted by Gasteiger charge is -2.40. The molecular formula is C22H15ClFN3O2. The van der Waals surface area contributed by atoms with E-state index in [0.29, 0.717) is 23.7 Å². The molecule has 2 aliphatic heterocycles. The number of rotatable bonds is 2. The Hall–Kier alpha value is -3.25. The highest BCUT2D eigenvalue weighted by Crippen LogP contribution is 2.50. The first-order valence-corrected chi connectivity index (χ1v) is 9.52. The molecule has 3 heterocycles. The van der Waals surface area contributed by atoms with Crippen molar-refractivity contribution in [2.75, 3.05) is 13.1 Å². The standard InChI is InChI=1S/C22H15ClFN3O2/c23-16-7-5-15(6-8-16)22-18-4-2-1-3-17(18)21(29)27(22)12-11-26(22)20(28)14-9-10-25-19(24)13-14/h1-10,13H,11-12H2. The predicted molar refractivity (Wildman–Crippen MR) is 105 cm³/mol. The summed E-state index contributed by atoms with van der Waals surface area (Å²) < 4.78 is 13.7. The summed E-state index contributed by atoms with van der Waals surface area (Å²) in [6, 6.07) is 17.0. The van der Waals surface area contributed by atoms with Gasteiger partial charge >= 0.3 is 0 Å². The van der Waals surface area contributed by atoms with E-state index in [4.69, 9.17) is 11.6 Å². The average molecular weight is 408 g/mol. The van der Waals surface area contributed by atoms with Crippen molar-refractivity contribution in [3.8, 4) is 0 Å². The van der Waals surface area contributed by atoms with Gasteiger partial charge in [-0.2, -0.15) is 4.39 Å². The monoisotopic (exact) mass is 407 g/mol. The van der Waals surface area contributed by atoms with E-state index in [0.717, 1.165) is 17.2 Å². The molecule has 144 valence electrons. The van der Waals surface area contributed by atoms with Crippen molar-refractivity contribution >= 4 is 23.4 Å². The predicted octanol–water partition coefficient (Wildman–Crippen LogP) is 3.69. The second kappa shape index (κ2) is 6.39. The number of carbonyl (C=O) groups is 2. The van der Waals surface area contributed by atoms with Crippen LogP contribution >= 0.6 is 11.6 Å². The first-order chi connectivity index (χ1) is 14.0. The van der Waals surface area contributed by atoms with Crippen LogP contribution in [0.15, 0.2) is 66.9 Å². The van der Waals surface area contributed by atoms with E-state index in [1.165, 1.54) is 12.3 Å². The minimum absolute atomic E-state index is 0.133. The van der Waals surface area contributed by atoms with E-state index in [2.05, 4.69) is 4.98 Å². The molecule has 29 heavy (non-hydrogen) atoms. The van der Waals surface area contributed by atoms with Gasteiger partial charge in [0, 0.05) is 52.6 Å². The van der Waals surface area contributed by atoms with Gasteiger partial charge in [0.25, 0.3) is 11.8 Å². The molecule has 5 nitrogen and oxygen atoms in total. The van der Waals surface area contributed by atoms with Gasteiger partial charge in [0.1, 0.15) is 0 Å². The van der Waals surface area contributed by atoms with Gasteiger partial charge in [-0.3, -0.25) is 9.59 Å². The summed E-state index contributed by atoms with van der Waals surface area (Å²) in [6.45, 7) is 0.695. The smallest absolute Gasteiger partial charge is 0.256 e. The van der Waals surface area contributed by atoms with Crippen molar-refractivity contribution in [3.05, 3.63) is 100 Å². The van der Waals surface area contributed by atoms with Crippen LogP contribution in [-0.2, 0) is 5.66 Å². The Morgan fingerprint density at radius 1 is 1.07 bits per heavy atom. The molecule has 3 aromatic rings. The highest BCUT2D eigenvalue weighted by molar-refractivity contribution is 6.30. The number of aromatic nitrogens is 1. The van der Waals surface area contributed by atoms with Gasteiger partial charge in [0.15, 0.2) is 5.66 Å².